The molecule has 0 aromatic heterocycles. The largest absolute Gasteiger partial charge is 0.364 e. The molecule has 34 heavy (non-hydrogen) atoms. The number of nitrogens with one attached hydrogen (secondary N) is 1. The van der Waals surface area contributed by atoms with E-state index in [4.69, 9.17) is 23.2 Å². The van der Waals surface area contributed by atoms with Gasteiger partial charge in [-0.2, -0.15) is 0 Å². The first kappa shape index (κ1) is 24.3. The molecule has 0 radical (unpaired) electrons. The molecule has 2 heterocycles. The molecule has 1 N–H and O–H groups in total. The molecule has 1 saturated heterocycles. The Hall–Kier alpha value is -2.83. The molecule has 0 aliphatic carbocycles. The van der Waals surface area contributed by atoms with Crippen LogP contribution < -0.4 is 15.1 Å². The molecule has 178 valence electrons. The molecule has 1 fully saturated rings. The molecule has 0 bridgehead atoms. The maximum Gasteiger partial charge on any atom is 0.335 e. The lowest BCUT2D eigenvalue weighted by molar-refractivity contribution is -0.122. The van der Waals surface area contributed by atoms with E-state index in [2.05, 4.69) is 44.8 Å². The standard InChI is InChI=1S/C26H27Cl2N3O3/c1-14(2)31-21-8-6-16(10-18(21)15(3)13-26(31,4)5)11-19-23(32)29-25(34)30(24(19)33)22-9-7-17(27)12-20(22)28/h6-12,14-15H,13H2,1-5H3,(H,29,32,34)/b19-11+. The van der Waals surface area contributed by atoms with Crippen molar-refractivity contribution in [2.75, 3.05) is 9.80 Å². The topological polar surface area (TPSA) is 69.7 Å². The number of rotatable bonds is 3. The fourth-order valence-electron chi connectivity index (χ4n) is 5.24. The van der Waals surface area contributed by atoms with Gasteiger partial charge in [-0.05, 0) is 87.6 Å². The van der Waals surface area contributed by atoms with E-state index in [1.54, 1.807) is 0 Å². The van der Waals surface area contributed by atoms with E-state index in [1.165, 1.54) is 29.8 Å². The van der Waals surface area contributed by atoms with Crippen molar-refractivity contribution >= 4 is 58.5 Å². The molecule has 2 aromatic rings. The molecule has 6 nitrogen and oxygen atoms in total. The highest BCUT2D eigenvalue weighted by Gasteiger charge is 2.39. The van der Waals surface area contributed by atoms with Crippen LogP contribution in [0.4, 0.5) is 16.2 Å². The number of nitrogens with zero attached hydrogens (tertiary/aromatic N) is 2. The molecule has 8 heteroatoms. The SMILES string of the molecule is CC1CC(C)(C)N(C(C)C)c2ccc(/C=C3\C(=O)NC(=O)N(c4ccc(Cl)cc4Cl)C3=O)cc21. The van der Waals surface area contributed by atoms with Crippen molar-refractivity contribution in [1.29, 1.82) is 0 Å². The minimum absolute atomic E-state index is 0.0124. The lowest BCUT2D eigenvalue weighted by Crippen LogP contribution is -2.54. The molecule has 4 rings (SSSR count). The number of urea groups is 1. The molecule has 2 aliphatic rings. The van der Waals surface area contributed by atoms with Crippen molar-refractivity contribution in [3.8, 4) is 0 Å². The molecule has 1 unspecified atom stereocenters. The van der Waals surface area contributed by atoms with Crippen LogP contribution in [0.2, 0.25) is 10.0 Å². The Morgan fingerprint density at radius 3 is 2.38 bits per heavy atom. The molecule has 0 saturated carbocycles. The van der Waals surface area contributed by atoms with E-state index in [1.807, 2.05) is 18.2 Å². The van der Waals surface area contributed by atoms with Gasteiger partial charge in [0.2, 0.25) is 0 Å². The van der Waals surface area contributed by atoms with Crippen LogP contribution in [-0.2, 0) is 9.59 Å². The van der Waals surface area contributed by atoms with Gasteiger partial charge in [-0.3, -0.25) is 14.9 Å². The van der Waals surface area contributed by atoms with Crippen LogP contribution in [0.3, 0.4) is 0 Å². The molecule has 1 atom stereocenters. The number of carbonyl (C=O) groups is 3. The van der Waals surface area contributed by atoms with Crippen LogP contribution in [0.5, 0.6) is 0 Å². The van der Waals surface area contributed by atoms with Gasteiger partial charge in [-0.15, -0.1) is 0 Å². The summed E-state index contributed by atoms with van der Waals surface area (Å²) in [5, 5.41) is 2.73. The summed E-state index contributed by atoms with van der Waals surface area (Å²) in [4.78, 5) is 41.6. The van der Waals surface area contributed by atoms with Gasteiger partial charge in [-0.1, -0.05) is 36.2 Å². The minimum Gasteiger partial charge on any atom is -0.364 e. The number of halogens is 2. The van der Waals surface area contributed by atoms with Crippen molar-refractivity contribution < 1.29 is 14.4 Å². The van der Waals surface area contributed by atoms with Crippen LogP contribution in [0, 0.1) is 0 Å². The third-order valence-corrected chi connectivity index (χ3v) is 6.92. The first-order valence-electron chi connectivity index (χ1n) is 11.2. The highest BCUT2D eigenvalue weighted by Crippen LogP contribution is 2.45. The summed E-state index contributed by atoms with van der Waals surface area (Å²) in [5.41, 5.74) is 3.06. The zero-order valence-electron chi connectivity index (χ0n) is 19.8. The lowest BCUT2D eigenvalue weighted by atomic mass is 9.78. The van der Waals surface area contributed by atoms with E-state index in [0.717, 1.165) is 17.0 Å². The average Bonchev–Trinajstić information content (AvgIpc) is 2.72. The third kappa shape index (κ3) is 4.21. The smallest absolute Gasteiger partial charge is 0.335 e. The van der Waals surface area contributed by atoms with Crippen LogP contribution >= 0.6 is 23.2 Å². The van der Waals surface area contributed by atoms with E-state index in [0.29, 0.717) is 22.5 Å². The Kier molecular flexibility index (Phi) is 6.25. The quantitative estimate of drug-likeness (QED) is 0.405. The molecule has 2 aliphatic heterocycles. The number of fused-ring (bicyclic) bond motifs is 1. The van der Waals surface area contributed by atoms with Gasteiger partial charge in [0.1, 0.15) is 5.57 Å². The number of barbiturate groups is 1. The second kappa shape index (κ2) is 8.75. The van der Waals surface area contributed by atoms with Crippen LogP contribution in [0.1, 0.15) is 58.1 Å². The number of hydrogen-bond acceptors (Lipinski definition) is 4. The van der Waals surface area contributed by atoms with Crippen LogP contribution in [0.15, 0.2) is 42.0 Å². The van der Waals surface area contributed by atoms with Crippen molar-refractivity contribution in [3.63, 3.8) is 0 Å². The van der Waals surface area contributed by atoms with Gasteiger partial charge in [0.15, 0.2) is 0 Å². The number of amides is 4. The van der Waals surface area contributed by atoms with Crippen molar-refractivity contribution in [2.24, 2.45) is 0 Å². The Balaban J connectivity index is 1.75. The first-order valence-corrected chi connectivity index (χ1v) is 12.0. The van der Waals surface area contributed by atoms with Gasteiger partial charge in [0, 0.05) is 22.3 Å². The monoisotopic (exact) mass is 499 g/mol. The molecule has 4 amide bonds. The van der Waals surface area contributed by atoms with Gasteiger partial charge in [-0.25, -0.2) is 9.69 Å². The minimum atomic E-state index is -0.856. The number of carbonyl (C=O) groups excluding carboxylic acids is 3. The highest BCUT2D eigenvalue weighted by molar-refractivity contribution is 6.42. The van der Waals surface area contributed by atoms with E-state index >= 15 is 0 Å². The maximum atomic E-state index is 13.2. The van der Waals surface area contributed by atoms with Crippen molar-refractivity contribution in [3.05, 3.63) is 63.1 Å². The van der Waals surface area contributed by atoms with Gasteiger partial charge in [0.25, 0.3) is 11.8 Å². The summed E-state index contributed by atoms with van der Waals surface area (Å²) < 4.78 is 0. The van der Waals surface area contributed by atoms with E-state index < -0.39 is 17.8 Å². The van der Waals surface area contributed by atoms with Gasteiger partial charge < -0.3 is 4.90 Å². The van der Waals surface area contributed by atoms with Crippen LogP contribution in [-0.4, -0.2) is 29.4 Å². The molecular weight excluding hydrogens is 473 g/mol. The summed E-state index contributed by atoms with van der Waals surface area (Å²) in [7, 11) is 0. The Morgan fingerprint density at radius 1 is 1.06 bits per heavy atom. The second-order valence-corrected chi connectivity index (χ2v) is 10.6. The average molecular weight is 500 g/mol. The Bertz CT molecular complexity index is 1240. The molecular formula is C26H27Cl2N3O3. The summed E-state index contributed by atoms with van der Waals surface area (Å²) in [6.07, 6.45) is 2.50. The van der Waals surface area contributed by atoms with E-state index in [-0.39, 0.29) is 21.8 Å². The third-order valence-electron chi connectivity index (χ3n) is 6.38. The maximum absolute atomic E-state index is 13.2. The Morgan fingerprint density at radius 2 is 1.74 bits per heavy atom. The zero-order valence-corrected chi connectivity index (χ0v) is 21.3. The summed E-state index contributed by atoms with van der Waals surface area (Å²) >= 11 is 12.2. The fraction of sp³-hybridized carbons (Fsp3) is 0.346. The number of hydrogen-bond donors (Lipinski definition) is 1. The predicted octanol–water partition coefficient (Wildman–Crippen LogP) is 6.16. The van der Waals surface area contributed by atoms with Crippen LogP contribution in [0.25, 0.3) is 6.08 Å². The second-order valence-electron chi connectivity index (χ2n) is 9.75. The summed E-state index contributed by atoms with van der Waals surface area (Å²) in [6.45, 7) is 11.0. The van der Waals surface area contributed by atoms with Gasteiger partial charge in [0.05, 0.1) is 10.7 Å². The lowest BCUT2D eigenvalue weighted by Gasteiger charge is -2.50. The van der Waals surface area contributed by atoms with Crippen molar-refractivity contribution in [1.82, 2.24) is 5.32 Å². The number of benzene rings is 2. The van der Waals surface area contributed by atoms with Gasteiger partial charge >= 0.3 is 6.03 Å². The predicted molar refractivity (Wildman–Crippen MR) is 137 cm³/mol. The summed E-state index contributed by atoms with van der Waals surface area (Å²) in [6, 6.07) is 9.86. The fourth-order valence-corrected chi connectivity index (χ4v) is 5.74. The first-order chi connectivity index (χ1) is 15.9. The molecule has 0 spiro atoms. The van der Waals surface area contributed by atoms with Crippen molar-refractivity contribution in [2.45, 2.75) is 58.5 Å². The summed E-state index contributed by atoms with van der Waals surface area (Å²) in [5.74, 6) is -1.18. The highest BCUT2D eigenvalue weighted by atomic mass is 35.5. The Labute approximate surface area is 209 Å². The normalized spacial score (nSPS) is 21.2. The van der Waals surface area contributed by atoms with E-state index in [9.17, 15) is 14.4 Å². The number of anilines is 2. The molecule has 2 aromatic carbocycles. The number of imide groups is 2. The zero-order chi connectivity index (χ0) is 24.9.